The number of ether oxygens (including phenoxy) is 2. The van der Waals surface area contributed by atoms with E-state index >= 15 is 0 Å². The van der Waals surface area contributed by atoms with Crippen molar-refractivity contribution in [2.45, 2.75) is 205 Å². The van der Waals surface area contributed by atoms with E-state index < -0.39 is 6.10 Å². The average molecular weight is 800 g/mol. The van der Waals surface area contributed by atoms with Gasteiger partial charge in [-0.25, -0.2) is 4.79 Å². The number of aliphatic hydroxyl groups is 2. The van der Waals surface area contributed by atoms with Crippen LogP contribution in [0.4, 0.5) is 0 Å². The Morgan fingerprint density at radius 2 is 1.48 bits per heavy atom. The van der Waals surface area contributed by atoms with Crippen LogP contribution >= 0.6 is 11.6 Å². The highest BCUT2D eigenvalue weighted by Crippen LogP contribution is 2.48. The smallest absolute Gasteiger partial charge is 0.338 e. The van der Waals surface area contributed by atoms with E-state index in [0.717, 1.165) is 44.9 Å². The summed E-state index contributed by atoms with van der Waals surface area (Å²) < 4.78 is 10.9. The van der Waals surface area contributed by atoms with Crippen molar-refractivity contribution in [1.29, 1.82) is 0 Å². The second kappa shape index (κ2) is 29.1. The maximum absolute atomic E-state index is 12.6. The molecule has 7 heteroatoms. The molecule has 3 rings (SSSR count). The molecular weight excluding hydrogens is 720 g/mol. The van der Waals surface area contributed by atoms with Crippen molar-refractivity contribution in [3.63, 3.8) is 0 Å². The summed E-state index contributed by atoms with van der Waals surface area (Å²) in [6.45, 7) is 5.08. The minimum atomic E-state index is -0.458. The molecule has 0 unspecified atom stereocenters. The van der Waals surface area contributed by atoms with Gasteiger partial charge in [-0.15, -0.1) is 11.6 Å². The van der Waals surface area contributed by atoms with Gasteiger partial charge >= 0.3 is 11.9 Å². The fourth-order valence-electron chi connectivity index (χ4n) is 8.66. The summed E-state index contributed by atoms with van der Waals surface area (Å²) >= 11 is 6.63. The summed E-state index contributed by atoms with van der Waals surface area (Å²) in [6.07, 6.45) is 37.1. The second-order valence-electron chi connectivity index (χ2n) is 17.0. The molecule has 318 valence electrons. The molecule has 6 nitrogen and oxygen atoms in total. The number of alkyl halides is 1. The van der Waals surface area contributed by atoms with Crippen molar-refractivity contribution < 1.29 is 29.3 Å². The summed E-state index contributed by atoms with van der Waals surface area (Å²) in [5, 5.41) is 21.3. The number of aryl methyl sites for hydroxylation is 1. The fraction of sp³-hybridized carbons (Fsp3) is 0.755. The van der Waals surface area contributed by atoms with Crippen molar-refractivity contribution in [3.05, 3.63) is 59.7 Å². The van der Waals surface area contributed by atoms with E-state index in [0.29, 0.717) is 57.3 Å². The van der Waals surface area contributed by atoms with Crippen molar-refractivity contribution in [1.82, 2.24) is 0 Å². The number of rotatable bonds is 32. The summed E-state index contributed by atoms with van der Waals surface area (Å²) in [5.41, 5.74) is 1.88. The third-order valence-corrected chi connectivity index (χ3v) is 13.2. The van der Waals surface area contributed by atoms with Gasteiger partial charge in [0.2, 0.25) is 0 Å². The quantitative estimate of drug-likeness (QED) is 0.0326. The number of carbonyl (C=O) groups excluding carboxylic acids is 2. The van der Waals surface area contributed by atoms with Gasteiger partial charge in [0, 0.05) is 17.7 Å². The van der Waals surface area contributed by atoms with Crippen molar-refractivity contribution in [2.75, 3.05) is 13.2 Å². The Labute approximate surface area is 346 Å². The van der Waals surface area contributed by atoms with Gasteiger partial charge in [-0.1, -0.05) is 140 Å². The lowest BCUT2D eigenvalue weighted by Crippen LogP contribution is -2.40. The Morgan fingerprint density at radius 3 is 2.11 bits per heavy atom. The minimum absolute atomic E-state index is 0.00782. The topological polar surface area (TPSA) is 93.1 Å². The van der Waals surface area contributed by atoms with Crippen LogP contribution in [0.2, 0.25) is 0 Å². The molecule has 0 spiro atoms. The fourth-order valence-corrected chi connectivity index (χ4v) is 9.11. The first-order valence-corrected chi connectivity index (χ1v) is 23.5. The molecule has 2 aliphatic carbocycles. The third kappa shape index (κ3) is 18.6. The number of carbonyl (C=O) groups is 2. The van der Waals surface area contributed by atoms with Crippen LogP contribution < -0.4 is 0 Å². The van der Waals surface area contributed by atoms with Crippen molar-refractivity contribution in [2.24, 2.45) is 17.3 Å². The molecule has 56 heavy (non-hydrogen) atoms. The Balaban J connectivity index is 1.16. The summed E-state index contributed by atoms with van der Waals surface area (Å²) in [7, 11) is 0. The monoisotopic (exact) mass is 799 g/mol. The van der Waals surface area contributed by atoms with Crippen LogP contribution in [0.15, 0.2) is 48.6 Å². The van der Waals surface area contributed by atoms with Crippen molar-refractivity contribution >= 4 is 23.5 Å². The molecule has 0 heterocycles. The van der Waals surface area contributed by atoms with E-state index in [4.69, 9.17) is 21.1 Å². The first kappa shape index (κ1) is 48.2. The molecule has 0 amide bonds. The van der Waals surface area contributed by atoms with E-state index in [1.165, 1.54) is 95.5 Å². The predicted octanol–water partition coefficient (Wildman–Crippen LogP) is 12.8. The maximum atomic E-state index is 12.6. The van der Waals surface area contributed by atoms with E-state index in [9.17, 15) is 19.8 Å². The summed E-state index contributed by atoms with van der Waals surface area (Å²) in [6, 6.07) is 7.83. The van der Waals surface area contributed by atoms with Gasteiger partial charge in [-0.05, 0) is 106 Å². The van der Waals surface area contributed by atoms with Crippen LogP contribution in [-0.2, 0) is 20.7 Å². The van der Waals surface area contributed by atoms with Gasteiger partial charge in [0.1, 0.15) is 0 Å². The van der Waals surface area contributed by atoms with Gasteiger partial charge in [0.05, 0.1) is 31.0 Å². The SMILES string of the molecule is CCCCCCCCCCCCCCCCc1cccc(C(=O)OCCCCOC(=O)CCC/C=C\C[C@@H]2[C@H](/C=C/C[C@H](O)C3(CC)CCC3)[C@H](O)C[C@@H]2Cl)c1. The molecule has 5 atom stereocenters. The number of hydrogen-bond donors (Lipinski definition) is 2. The first-order chi connectivity index (χ1) is 27.3. The van der Waals surface area contributed by atoms with Gasteiger partial charge in [0.15, 0.2) is 0 Å². The molecule has 1 aromatic carbocycles. The number of unbranched alkanes of at least 4 members (excludes halogenated alkanes) is 15. The van der Waals surface area contributed by atoms with E-state index in [1.54, 1.807) is 0 Å². The van der Waals surface area contributed by atoms with Gasteiger partial charge in [-0.2, -0.15) is 0 Å². The third-order valence-electron chi connectivity index (χ3n) is 12.7. The Morgan fingerprint density at radius 1 is 0.839 bits per heavy atom. The normalized spacial score (nSPS) is 21.1. The van der Waals surface area contributed by atoms with Crippen LogP contribution in [0, 0.1) is 17.3 Å². The van der Waals surface area contributed by atoms with Crippen LogP contribution in [0.3, 0.4) is 0 Å². The predicted molar refractivity (Wildman–Crippen MR) is 232 cm³/mol. The molecule has 2 saturated carbocycles. The zero-order valence-electron chi connectivity index (χ0n) is 35.4. The molecule has 0 saturated heterocycles. The van der Waals surface area contributed by atoms with E-state index in [2.05, 4.69) is 44.2 Å². The molecular formula is C49H79ClO6. The Bertz CT molecular complexity index is 1250. The van der Waals surface area contributed by atoms with Crippen LogP contribution in [0.25, 0.3) is 0 Å². The van der Waals surface area contributed by atoms with Gasteiger partial charge in [0.25, 0.3) is 0 Å². The average Bonchev–Trinajstić information content (AvgIpc) is 3.44. The van der Waals surface area contributed by atoms with Crippen molar-refractivity contribution in [3.8, 4) is 0 Å². The number of halogens is 1. The zero-order chi connectivity index (χ0) is 40.3. The molecule has 2 fully saturated rings. The number of aliphatic hydroxyl groups excluding tert-OH is 2. The highest BCUT2D eigenvalue weighted by atomic mass is 35.5. The zero-order valence-corrected chi connectivity index (χ0v) is 36.2. The highest BCUT2D eigenvalue weighted by Gasteiger charge is 2.42. The standard InChI is InChI=1S/C49H79ClO6/c1-3-5-6-7-8-9-10-11-12-13-14-15-16-19-27-40-28-24-29-41(38-40)48(54)56-37-23-22-36-55-47(53)33-21-18-17-20-30-42-43(45(51)39-44(42)50)31-25-32-46(52)49(4-2)34-26-35-49/h17,20,24-25,28-29,31,38,42-46,51-52H,3-16,18-19,21-23,26-27,30,32-37,39H2,1-2H3/b20-17-,31-25+/t42-,43+,44+,45-,46+/m1/s1. The first-order valence-electron chi connectivity index (χ1n) is 23.0. The molecule has 2 aliphatic rings. The number of benzene rings is 1. The largest absolute Gasteiger partial charge is 0.466 e. The molecule has 0 aromatic heterocycles. The van der Waals surface area contributed by atoms with Gasteiger partial charge < -0.3 is 19.7 Å². The summed E-state index contributed by atoms with van der Waals surface area (Å²) in [4.78, 5) is 24.9. The highest BCUT2D eigenvalue weighted by molar-refractivity contribution is 6.21. The van der Waals surface area contributed by atoms with Crippen LogP contribution in [-0.4, -0.2) is 53.0 Å². The summed E-state index contributed by atoms with van der Waals surface area (Å²) in [5.74, 6) is -0.353. The maximum Gasteiger partial charge on any atom is 0.338 e. The number of allylic oxidation sites excluding steroid dienone is 2. The molecule has 0 radical (unpaired) electrons. The lowest BCUT2D eigenvalue weighted by Gasteiger charge is -2.45. The molecule has 1 aromatic rings. The second-order valence-corrected chi connectivity index (χ2v) is 17.6. The van der Waals surface area contributed by atoms with Crippen LogP contribution in [0.1, 0.15) is 197 Å². The number of hydrogen-bond acceptors (Lipinski definition) is 6. The Kier molecular flexibility index (Phi) is 25.1. The van der Waals surface area contributed by atoms with E-state index in [-0.39, 0.29) is 40.7 Å². The van der Waals surface area contributed by atoms with E-state index in [1.807, 2.05) is 18.2 Å². The Hall–Kier alpha value is -2.15. The van der Waals surface area contributed by atoms with Crippen LogP contribution in [0.5, 0.6) is 0 Å². The minimum Gasteiger partial charge on any atom is -0.466 e. The lowest BCUT2D eigenvalue weighted by molar-refractivity contribution is -0.143. The number of esters is 2. The molecule has 2 N–H and O–H groups in total. The molecule has 0 aliphatic heterocycles. The molecule has 0 bridgehead atoms. The lowest BCUT2D eigenvalue weighted by atomic mass is 9.63. The van der Waals surface area contributed by atoms with Gasteiger partial charge in [-0.3, -0.25) is 4.79 Å².